The molecule has 5 nitrogen and oxygen atoms in total. The highest BCUT2D eigenvalue weighted by molar-refractivity contribution is 5.95. The monoisotopic (exact) mass is 394 g/mol. The van der Waals surface area contributed by atoms with E-state index in [0.29, 0.717) is 12.2 Å². The highest BCUT2D eigenvalue weighted by Crippen LogP contribution is 2.34. The van der Waals surface area contributed by atoms with E-state index in [1.54, 1.807) is 6.07 Å². The summed E-state index contributed by atoms with van der Waals surface area (Å²) in [6.07, 6.45) is -4.02. The van der Waals surface area contributed by atoms with Gasteiger partial charge in [-0.25, -0.2) is 0 Å². The molecule has 0 spiro atoms. The van der Waals surface area contributed by atoms with Crippen LogP contribution in [0.5, 0.6) is 5.75 Å². The second kappa shape index (κ2) is 9.25. The molecule has 0 aromatic heterocycles. The van der Waals surface area contributed by atoms with Gasteiger partial charge in [0.15, 0.2) is 0 Å². The maximum atomic E-state index is 13.0. The Hall–Kier alpha value is -3.03. The summed E-state index contributed by atoms with van der Waals surface area (Å²) < 4.78 is 44.2. The van der Waals surface area contributed by atoms with E-state index in [2.05, 4.69) is 5.32 Å². The molecule has 0 aliphatic carbocycles. The van der Waals surface area contributed by atoms with Gasteiger partial charge in [-0.15, -0.1) is 0 Å². The topological polar surface area (TPSA) is 58.6 Å². The van der Waals surface area contributed by atoms with Crippen molar-refractivity contribution >= 4 is 17.5 Å². The number of amides is 2. The van der Waals surface area contributed by atoms with Crippen molar-refractivity contribution in [2.24, 2.45) is 0 Å². The average Bonchev–Trinajstić information content (AvgIpc) is 2.65. The standard InChI is InChI=1S/C20H21F3N2O3/c1-25(19(27)12-11-14-7-3-6-10-17(14)28-2)13-18(26)24-16-9-5-4-8-15(16)20(21,22)23/h3-10H,11-13H2,1-2H3,(H,24,26). The third-order valence-corrected chi connectivity index (χ3v) is 4.11. The van der Waals surface area contributed by atoms with Gasteiger partial charge >= 0.3 is 6.18 Å². The first kappa shape index (κ1) is 21.3. The molecule has 1 N–H and O–H groups in total. The van der Waals surface area contributed by atoms with Crippen molar-refractivity contribution < 1.29 is 27.5 Å². The largest absolute Gasteiger partial charge is 0.496 e. The SMILES string of the molecule is COc1ccccc1CCC(=O)N(C)CC(=O)Nc1ccccc1C(F)(F)F. The molecular formula is C20H21F3N2O3. The second-order valence-corrected chi connectivity index (χ2v) is 6.15. The summed E-state index contributed by atoms with van der Waals surface area (Å²) in [5, 5.41) is 2.22. The van der Waals surface area contributed by atoms with Crippen LogP contribution in [0.1, 0.15) is 17.5 Å². The fraction of sp³-hybridized carbons (Fsp3) is 0.300. The van der Waals surface area contributed by atoms with Crippen LogP contribution in [0, 0.1) is 0 Å². The summed E-state index contributed by atoms with van der Waals surface area (Å²) >= 11 is 0. The minimum Gasteiger partial charge on any atom is -0.496 e. The van der Waals surface area contributed by atoms with Crippen molar-refractivity contribution in [3.05, 3.63) is 59.7 Å². The van der Waals surface area contributed by atoms with Crippen LogP contribution in [0.3, 0.4) is 0 Å². The van der Waals surface area contributed by atoms with Crippen LogP contribution in [-0.2, 0) is 22.2 Å². The number of hydrogen-bond donors (Lipinski definition) is 1. The lowest BCUT2D eigenvalue weighted by Crippen LogP contribution is -2.35. The first-order valence-corrected chi connectivity index (χ1v) is 8.54. The van der Waals surface area contributed by atoms with E-state index in [-0.39, 0.29) is 24.6 Å². The minimum atomic E-state index is -4.58. The molecule has 0 unspecified atom stereocenters. The zero-order valence-corrected chi connectivity index (χ0v) is 15.5. The number of carbonyl (C=O) groups is 2. The summed E-state index contributed by atoms with van der Waals surface area (Å²) in [5.74, 6) is -0.338. The Labute approximate surface area is 161 Å². The molecule has 0 bridgehead atoms. The van der Waals surface area contributed by atoms with Gasteiger partial charge in [-0.05, 0) is 30.2 Å². The lowest BCUT2D eigenvalue weighted by Gasteiger charge is -2.18. The fourth-order valence-electron chi connectivity index (χ4n) is 2.67. The number of likely N-dealkylation sites (N-methyl/N-ethyl adjacent to an activating group) is 1. The number of anilines is 1. The Morgan fingerprint density at radius 3 is 2.39 bits per heavy atom. The average molecular weight is 394 g/mol. The van der Waals surface area contributed by atoms with Gasteiger partial charge in [0, 0.05) is 13.5 Å². The number of alkyl halides is 3. The van der Waals surface area contributed by atoms with Crippen LogP contribution in [0.4, 0.5) is 18.9 Å². The normalized spacial score (nSPS) is 11.0. The quantitative estimate of drug-likeness (QED) is 0.778. The van der Waals surface area contributed by atoms with Crippen molar-refractivity contribution in [2.75, 3.05) is 26.0 Å². The number of carbonyl (C=O) groups excluding carboxylic acids is 2. The molecule has 0 aliphatic heterocycles. The molecule has 0 saturated heterocycles. The van der Waals surface area contributed by atoms with Gasteiger partial charge in [0.25, 0.3) is 0 Å². The van der Waals surface area contributed by atoms with Gasteiger partial charge in [-0.1, -0.05) is 30.3 Å². The molecule has 0 heterocycles. The van der Waals surface area contributed by atoms with E-state index in [0.717, 1.165) is 11.6 Å². The fourth-order valence-corrected chi connectivity index (χ4v) is 2.67. The zero-order valence-electron chi connectivity index (χ0n) is 15.5. The Morgan fingerprint density at radius 2 is 1.71 bits per heavy atom. The lowest BCUT2D eigenvalue weighted by molar-refractivity contribution is -0.137. The summed E-state index contributed by atoms with van der Waals surface area (Å²) in [6.45, 7) is -0.350. The highest BCUT2D eigenvalue weighted by atomic mass is 19.4. The van der Waals surface area contributed by atoms with Gasteiger partial charge in [0.1, 0.15) is 5.75 Å². The van der Waals surface area contributed by atoms with Gasteiger partial charge in [0.2, 0.25) is 11.8 Å². The number of aryl methyl sites for hydroxylation is 1. The maximum absolute atomic E-state index is 13.0. The van der Waals surface area contributed by atoms with Crippen LogP contribution in [0.25, 0.3) is 0 Å². The van der Waals surface area contributed by atoms with Gasteiger partial charge < -0.3 is 15.0 Å². The number of rotatable bonds is 7. The number of hydrogen-bond acceptors (Lipinski definition) is 3. The predicted molar refractivity (Wildman–Crippen MR) is 99.0 cm³/mol. The first-order chi connectivity index (χ1) is 13.2. The van der Waals surface area contributed by atoms with Crippen LogP contribution in [0.2, 0.25) is 0 Å². The lowest BCUT2D eigenvalue weighted by atomic mass is 10.1. The molecule has 0 saturated carbocycles. The molecule has 2 aromatic rings. The number of benzene rings is 2. The van der Waals surface area contributed by atoms with Crippen molar-refractivity contribution in [2.45, 2.75) is 19.0 Å². The molecule has 8 heteroatoms. The van der Waals surface area contributed by atoms with Crippen LogP contribution < -0.4 is 10.1 Å². The number of nitrogens with one attached hydrogen (secondary N) is 1. The first-order valence-electron chi connectivity index (χ1n) is 8.54. The van der Waals surface area contributed by atoms with E-state index >= 15 is 0 Å². The summed E-state index contributed by atoms with van der Waals surface area (Å²) in [6, 6.07) is 12.0. The molecule has 0 aliphatic rings. The highest BCUT2D eigenvalue weighted by Gasteiger charge is 2.33. The van der Waals surface area contributed by atoms with E-state index in [1.165, 1.54) is 37.3 Å². The van der Waals surface area contributed by atoms with Gasteiger partial charge in [-0.3, -0.25) is 9.59 Å². The second-order valence-electron chi connectivity index (χ2n) is 6.15. The summed E-state index contributed by atoms with van der Waals surface area (Å²) in [5.41, 5.74) is -0.418. The Kier molecular flexibility index (Phi) is 7.03. The molecule has 150 valence electrons. The molecule has 2 amide bonds. The Morgan fingerprint density at radius 1 is 1.07 bits per heavy atom. The van der Waals surface area contributed by atoms with Crippen molar-refractivity contribution in [3.63, 3.8) is 0 Å². The van der Waals surface area contributed by atoms with Crippen molar-refractivity contribution in [1.29, 1.82) is 0 Å². The predicted octanol–water partition coefficient (Wildman–Crippen LogP) is 3.74. The molecule has 2 aromatic carbocycles. The molecule has 2 rings (SSSR count). The maximum Gasteiger partial charge on any atom is 0.418 e. The minimum absolute atomic E-state index is 0.142. The zero-order chi connectivity index (χ0) is 20.7. The Balaban J connectivity index is 1.93. The van der Waals surface area contributed by atoms with Crippen LogP contribution in [0.15, 0.2) is 48.5 Å². The van der Waals surface area contributed by atoms with E-state index in [1.807, 2.05) is 18.2 Å². The smallest absolute Gasteiger partial charge is 0.418 e. The number of para-hydroxylation sites is 2. The van der Waals surface area contributed by atoms with E-state index in [4.69, 9.17) is 4.74 Å². The van der Waals surface area contributed by atoms with Crippen LogP contribution >= 0.6 is 0 Å². The van der Waals surface area contributed by atoms with Gasteiger partial charge in [-0.2, -0.15) is 13.2 Å². The van der Waals surface area contributed by atoms with E-state index in [9.17, 15) is 22.8 Å². The number of nitrogens with zero attached hydrogens (tertiary/aromatic N) is 1. The Bertz CT molecular complexity index is 837. The molecule has 0 atom stereocenters. The van der Waals surface area contributed by atoms with Crippen molar-refractivity contribution in [3.8, 4) is 5.75 Å². The molecule has 0 radical (unpaired) electrons. The molecule has 0 fully saturated rings. The summed E-state index contributed by atoms with van der Waals surface area (Å²) in [7, 11) is 2.97. The van der Waals surface area contributed by atoms with Crippen molar-refractivity contribution in [1.82, 2.24) is 4.90 Å². The molecular weight excluding hydrogens is 373 g/mol. The van der Waals surface area contributed by atoms with Crippen LogP contribution in [-0.4, -0.2) is 37.4 Å². The number of halogens is 3. The number of methoxy groups -OCH3 is 1. The summed E-state index contributed by atoms with van der Waals surface area (Å²) in [4.78, 5) is 25.5. The third kappa shape index (κ3) is 5.73. The third-order valence-electron chi connectivity index (χ3n) is 4.11. The number of ether oxygens (including phenoxy) is 1. The van der Waals surface area contributed by atoms with Gasteiger partial charge in [0.05, 0.1) is 24.9 Å². The van der Waals surface area contributed by atoms with E-state index < -0.39 is 17.6 Å². The molecule has 28 heavy (non-hydrogen) atoms.